The zero-order chi connectivity index (χ0) is 16.1. The third kappa shape index (κ3) is 10.3. The molecule has 0 saturated heterocycles. The van der Waals surface area contributed by atoms with Crippen molar-refractivity contribution >= 4 is 11.9 Å². The van der Waals surface area contributed by atoms with Crippen LogP contribution in [0.3, 0.4) is 0 Å². The molecule has 1 atom stereocenters. The van der Waals surface area contributed by atoms with Crippen LogP contribution in [-0.4, -0.2) is 34.5 Å². The minimum Gasteiger partial charge on any atom is -0.480 e. The van der Waals surface area contributed by atoms with Crippen molar-refractivity contribution in [1.82, 2.24) is 4.90 Å². The second kappa shape index (κ2) is 12.7. The fraction of sp³-hybridized carbons (Fsp3) is 0.882. The van der Waals surface area contributed by atoms with E-state index in [1.165, 1.54) is 63.2 Å². The highest BCUT2D eigenvalue weighted by Crippen LogP contribution is 2.11. The molecule has 1 N–H and O–H groups in total. The fourth-order valence-corrected chi connectivity index (χ4v) is 2.53. The fourth-order valence-electron chi connectivity index (χ4n) is 2.53. The summed E-state index contributed by atoms with van der Waals surface area (Å²) in [6, 6.07) is -0.721. The van der Waals surface area contributed by atoms with Gasteiger partial charge in [-0.3, -0.25) is 4.79 Å². The molecule has 0 heterocycles. The van der Waals surface area contributed by atoms with Gasteiger partial charge in [0, 0.05) is 13.5 Å². The molecule has 0 fully saturated rings. The quantitative estimate of drug-likeness (QED) is 0.518. The molecule has 0 aliphatic rings. The number of hydrogen-bond donors (Lipinski definition) is 1. The van der Waals surface area contributed by atoms with E-state index in [0.717, 1.165) is 12.8 Å². The standard InChI is InChI=1S/C17H33NO3/c1-4-5-6-7-8-9-10-11-12-13-14-18(16(3)19)15(2)17(20)21/h15H,4-14H2,1-3H3,(H,20,21). The van der Waals surface area contributed by atoms with Gasteiger partial charge in [0.25, 0.3) is 0 Å². The van der Waals surface area contributed by atoms with Crippen LogP contribution in [0.15, 0.2) is 0 Å². The van der Waals surface area contributed by atoms with Crippen LogP contribution in [0.5, 0.6) is 0 Å². The molecule has 0 aromatic heterocycles. The lowest BCUT2D eigenvalue weighted by Crippen LogP contribution is -2.42. The first-order valence-corrected chi connectivity index (χ1v) is 8.50. The second-order valence-corrected chi connectivity index (χ2v) is 5.91. The van der Waals surface area contributed by atoms with Crippen molar-refractivity contribution in [2.24, 2.45) is 0 Å². The number of rotatable bonds is 13. The summed E-state index contributed by atoms with van der Waals surface area (Å²) < 4.78 is 0. The van der Waals surface area contributed by atoms with E-state index in [9.17, 15) is 9.59 Å². The Morgan fingerprint density at radius 1 is 0.905 bits per heavy atom. The largest absolute Gasteiger partial charge is 0.480 e. The van der Waals surface area contributed by atoms with Gasteiger partial charge < -0.3 is 10.0 Å². The Balaban J connectivity index is 3.59. The van der Waals surface area contributed by atoms with Gasteiger partial charge in [0.1, 0.15) is 6.04 Å². The number of nitrogens with zero attached hydrogens (tertiary/aromatic N) is 1. The maximum absolute atomic E-state index is 11.4. The van der Waals surface area contributed by atoms with Gasteiger partial charge in [-0.05, 0) is 13.3 Å². The van der Waals surface area contributed by atoms with Crippen LogP contribution in [-0.2, 0) is 9.59 Å². The smallest absolute Gasteiger partial charge is 0.326 e. The number of aliphatic carboxylic acids is 1. The van der Waals surface area contributed by atoms with Crippen molar-refractivity contribution in [1.29, 1.82) is 0 Å². The molecule has 0 saturated carbocycles. The Hall–Kier alpha value is -1.06. The highest BCUT2D eigenvalue weighted by Gasteiger charge is 2.21. The predicted octanol–water partition coefficient (Wildman–Crippen LogP) is 4.23. The van der Waals surface area contributed by atoms with Gasteiger partial charge in [0.15, 0.2) is 0 Å². The van der Waals surface area contributed by atoms with Crippen molar-refractivity contribution in [2.45, 2.75) is 91.0 Å². The lowest BCUT2D eigenvalue weighted by atomic mass is 10.1. The molecular formula is C17H33NO3. The van der Waals surface area contributed by atoms with Crippen LogP contribution in [0.25, 0.3) is 0 Å². The minimum atomic E-state index is -0.933. The highest BCUT2D eigenvalue weighted by molar-refractivity contribution is 5.81. The van der Waals surface area contributed by atoms with E-state index in [4.69, 9.17) is 5.11 Å². The monoisotopic (exact) mass is 299 g/mol. The summed E-state index contributed by atoms with van der Waals surface area (Å²) in [6.45, 7) is 5.80. The predicted molar refractivity (Wildman–Crippen MR) is 86.3 cm³/mol. The maximum Gasteiger partial charge on any atom is 0.326 e. The molecular weight excluding hydrogens is 266 g/mol. The number of carbonyl (C=O) groups is 2. The topological polar surface area (TPSA) is 57.6 Å². The molecule has 21 heavy (non-hydrogen) atoms. The summed E-state index contributed by atoms with van der Waals surface area (Å²) in [6.07, 6.45) is 12.4. The van der Waals surface area contributed by atoms with Gasteiger partial charge in [-0.2, -0.15) is 0 Å². The van der Waals surface area contributed by atoms with Crippen LogP contribution in [0.4, 0.5) is 0 Å². The zero-order valence-corrected chi connectivity index (χ0v) is 14.1. The number of hydrogen-bond acceptors (Lipinski definition) is 2. The molecule has 0 bridgehead atoms. The number of unbranched alkanes of at least 4 members (excludes halogenated alkanes) is 9. The first-order chi connectivity index (χ1) is 10.0. The molecule has 0 spiro atoms. The summed E-state index contributed by atoms with van der Waals surface area (Å²) >= 11 is 0. The molecule has 1 unspecified atom stereocenters. The van der Waals surface area contributed by atoms with Crippen LogP contribution >= 0.6 is 0 Å². The zero-order valence-electron chi connectivity index (χ0n) is 14.1. The van der Waals surface area contributed by atoms with Crippen LogP contribution in [0.2, 0.25) is 0 Å². The summed E-state index contributed by atoms with van der Waals surface area (Å²) in [7, 11) is 0. The molecule has 4 heteroatoms. The highest BCUT2D eigenvalue weighted by atomic mass is 16.4. The van der Waals surface area contributed by atoms with E-state index in [0.29, 0.717) is 6.54 Å². The number of carboxylic acids is 1. The van der Waals surface area contributed by atoms with E-state index in [1.807, 2.05) is 0 Å². The summed E-state index contributed by atoms with van der Waals surface area (Å²) in [5, 5.41) is 8.97. The van der Waals surface area contributed by atoms with Crippen molar-refractivity contribution in [3.05, 3.63) is 0 Å². The third-order valence-electron chi connectivity index (χ3n) is 3.98. The van der Waals surface area contributed by atoms with Gasteiger partial charge in [-0.1, -0.05) is 64.7 Å². The lowest BCUT2D eigenvalue weighted by molar-refractivity contribution is -0.148. The lowest BCUT2D eigenvalue weighted by Gasteiger charge is -2.25. The van der Waals surface area contributed by atoms with Crippen molar-refractivity contribution < 1.29 is 14.7 Å². The van der Waals surface area contributed by atoms with E-state index in [1.54, 1.807) is 6.92 Å². The van der Waals surface area contributed by atoms with E-state index in [2.05, 4.69) is 6.92 Å². The number of carboxylic acid groups (broad SMARTS) is 1. The molecule has 0 aromatic rings. The van der Waals surface area contributed by atoms with Gasteiger partial charge >= 0.3 is 5.97 Å². The Labute approximate surface area is 129 Å². The molecule has 0 aromatic carbocycles. The average molecular weight is 299 g/mol. The van der Waals surface area contributed by atoms with Crippen molar-refractivity contribution in [2.75, 3.05) is 6.54 Å². The van der Waals surface area contributed by atoms with Crippen molar-refractivity contribution in [3.8, 4) is 0 Å². The molecule has 124 valence electrons. The van der Waals surface area contributed by atoms with Gasteiger partial charge in [-0.25, -0.2) is 4.79 Å². The minimum absolute atomic E-state index is 0.152. The summed E-state index contributed by atoms with van der Waals surface area (Å²) in [5.41, 5.74) is 0. The van der Waals surface area contributed by atoms with E-state index < -0.39 is 12.0 Å². The Morgan fingerprint density at radius 2 is 1.33 bits per heavy atom. The van der Waals surface area contributed by atoms with Crippen LogP contribution in [0, 0.1) is 0 Å². The van der Waals surface area contributed by atoms with E-state index >= 15 is 0 Å². The first kappa shape index (κ1) is 19.9. The second-order valence-electron chi connectivity index (χ2n) is 5.91. The SMILES string of the molecule is CCCCCCCCCCCCN(C(C)=O)C(C)C(=O)O. The Morgan fingerprint density at radius 3 is 1.71 bits per heavy atom. The molecule has 1 amide bonds. The van der Waals surface area contributed by atoms with Crippen LogP contribution < -0.4 is 0 Å². The molecule has 0 aliphatic heterocycles. The van der Waals surface area contributed by atoms with Gasteiger partial charge in [0.05, 0.1) is 0 Å². The molecule has 0 aliphatic carbocycles. The van der Waals surface area contributed by atoms with Crippen LogP contribution in [0.1, 0.15) is 85.0 Å². The normalized spacial score (nSPS) is 12.1. The Kier molecular flexibility index (Phi) is 12.0. The van der Waals surface area contributed by atoms with Gasteiger partial charge in [-0.15, -0.1) is 0 Å². The Bertz CT molecular complexity index is 292. The molecule has 0 rings (SSSR count). The van der Waals surface area contributed by atoms with E-state index in [-0.39, 0.29) is 5.91 Å². The first-order valence-electron chi connectivity index (χ1n) is 8.50. The summed E-state index contributed by atoms with van der Waals surface area (Å²) in [5.74, 6) is -1.09. The number of amides is 1. The third-order valence-corrected chi connectivity index (χ3v) is 3.98. The maximum atomic E-state index is 11.4. The molecule has 4 nitrogen and oxygen atoms in total. The molecule has 0 radical (unpaired) electrons. The average Bonchev–Trinajstić information content (AvgIpc) is 2.43. The number of carbonyl (C=O) groups excluding carboxylic acids is 1. The van der Waals surface area contributed by atoms with Crippen molar-refractivity contribution in [3.63, 3.8) is 0 Å². The summed E-state index contributed by atoms with van der Waals surface area (Å²) in [4.78, 5) is 23.8. The van der Waals surface area contributed by atoms with Gasteiger partial charge in [0.2, 0.25) is 5.91 Å².